The normalized spacial score (nSPS) is 13.7. The Bertz CT molecular complexity index is 903. The minimum Gasteiger partial charge on any atom is -0.323 e. The van der Waals surface area contributed by atoms with Crippen LogP contribution in [0.15, 0.2) is 73.2 Å². The van der Waals surface area contributed by atoms with Crippen molar-refractivity contribution < 1.29 is 13.2 Å². The van der Waals surface area contributed by atoms with E-state index in [0.29, 0.717) is 13.1 Å². The second kappa shape index (κ2) is 10.3. The average molecular weight is 415 g/mol. The molecule has 3 rings (SSSR count). The molecule has 0 aliphatic heterocycles. The van der Waals surface area contributed by atoms with E-state index in [1.807, 2.05) is 42.5 Å². The molecule has 1 aromatic carbocycles. The van der Waals surface area contributed by atoms with Gasteiger partial charge >= 0.3 is 6.18 Å². The first-order valence-corrected chi connectivity index (χ1v) is 9.61. The fourth-order valence-electron chi connectivity index (χ4n) is 3.16. The molecule has 30 heavy (non-hydrogen) atoms. The van der Waals surface area contributed by atoms with Gasteiger partial charge in [0.15, 0.2) is 0 Å². The van der Waals surface area contributed by atoms with E-state index in [9.17, 15) is 13.2 Å². The molecular formula is C22H24F3N5. The van der Waals surface area contributed by atoms with Crippen LogP contribution in [0.3, 0.4) is 0 Å². The molecular weight excluding hydrogens is 391 g/mol. The van der Waals surface area contributed by atoms with Gasteiger partial charge in [0, 0.05) is 50.3 Å². The van der Waals surface area contributed by atoms with Gasteiger partial charge in [0.05, 0.1) is 0 Å². The van der Waals surface area contributed by atoms with Gasteiger partial charge in [-0.2, -0.15) is 13.2 Å². The molecule has 0 saturated carbocycles. The van der Waals surface area contributed by atoms with E-state index in [-0.39, 0.29) is 24.2 Å². The van der Waals surface area contributed by atoms with E-state index < -0.39 is 11.9 Å². The molecule has 0 fully saturated rings. The van der Waals surface area contributed by atoms with E-state index >= 15 is 0 Å². The Kier molecular flexibility index (Phi) is 7.51. The molecule has 3 aromatic rings. The molecule has 0 spiro atoms. The predicted octanol–water partition coefficient (Wildman–Crippen LogP) is 3.62. The van der Waals surface area contributed by atoms with E-state index in [2.05, 4.69) is 20.6 Å². The van der Waals surface area contributed by atoms with E-state index in [4.69, 9.17) is 5.73 Å². The van der Waals surface area contributed by atoms with Crippen LogP contribution in [0.25, 0.3) is 0 Å². The van der Waals surface area contributed by atoms with E-state index in [1.165, 1.54) is 12.1 Å². The maximum Gasteiger partial charge on any atom is 0.433 e. The zero-order valence-electron chi connectivity index (χ0n) is 16.3. The highest BCUT2D eigenvalue weighted by atomic mass is 19.4. The van der Waals surface area contributed by atoms with E-state index in [1.54, 1.807) is 12.4 Å². The van der Waals surface area contributed by atoms with Crippen LogP contribution in [-0.2, 0) is 12.7 Å². The maximum absolute atomic E-state index is 13.1. The maximum atomic E-state index is 13.1. The number of aromatic nitrogens is 2. The molecule has 0 saturated heterocycles. The predicted molar refractivity (Wildman–Crippen MR) is 109 cm³/mol. The molecule has 0 amide bonds. The van der Waals surface area contributed by atoms with Crippen LogP contribution < -0.4 is 16.4 Å². The van der Waals surface area contributed by atoms with Crippen molar-refractivity contribution in [2.24, 2.45) is 5.73 Å². The molecule has 4 N–H and O–H groups in total. The van der Waals surface area contributed by atoms with Gasteiger partial charge in [0.1, 0.15) is 5.69 Å². The van der Waals surface area contributed by atoms with Crippen LogP contribution in [0.1, 0.15) is 34.5 Å². The number of halogens is 3. The number of nitrogens with one attached hydrogen (secondary N) is 2. The van der Waals surface area contributed by atoms with Gasteiger partial charge in [0.25, 0.3) is 0 Å². The van der Waals surface area contributed by atoms with Crippen molar-refractivity contribution in [3.05, 3.63) is 95.6 Å². The van der Waals surface area contributed by atoms with Crippen LogP contribution >= 0.6 is 0 Å². The minimum atomic E-state index is -4.48. The van der Waals surface area contributed by atoms with Gasteiger partial charge in [-0.05, 0) is 28.8 Å². The summed E-state index contributed by atoms with van der Waals surface area (Å²) < 4.78 is 39.4. The highest BCUT2D eigenvalue weighted by Gasteiger charge is 2.34. The molecule has 2 unspecified atom stereocenters. The second-order valence-corrected chi connectivity index (χ2v) is 6.90. The smallest absolute Gasteiger partial charge is 0.323 e. The van der Waals surface area contributed by atoms with Crippen LogP contribution in [0.4, 0.5) is 13.2 Å². The Morgan fingerprint density at radius 3 is 2.33 bits per heavy atom. The zero-order chi connectivity index (χ0) is 21.4. The standard InChI is InChI=1S/C22H24F3N5/c23-22(24,25)21-18(9-5-11-29-21)13-28-15-20(17-8-4-10-27-12-17)30-14-19(26)16-6-2-1-3-7-16/h1-12,19-20,28,30H,13-15,26H2. The van der Waals surface area contributed by atoms with Crippen molar-refractivity contribution in [1.82, 2.24) is 20.6 Å². The molecule has 0 bridgehead atoms. The number of hydrogen-bond donors (Lipinski definition) is 3. The lowest BCUT2D eigenvalue weighted by atomic mass is 10.1. The molecule has 2 atom stereocenters. The molecule has 0 radical (unpaired) electrons. The Hall–Kier alpha value is -2.81. The summed E-state index contributed by atoms with van der Waals surface area (Å²) in [6, 6.07) is 16.0. The fraction of sp³-hybridized carbons (Fsp3) is 0.273. The molecule has 2 heterocycles. The summed E-state index contributed by atoms with van der Waals surface area (Å²) in [6.45, 7) is 0.956. The summed E-state index contributed by atoms with van der Waals surface area (Å²) in [6.07, 6.45) is 0.0760. The SMILES string of the molecule is NC(CNC(CNCc1cccnc1C(F)(F)F)c1cccnc1)c1ccccc1. The number of rotatable bonds is 9. The van der Waals surface area contributed by atoms with Crippen LogP contribution in [0.2, 0.25) is 0 Å². The van der Waals surface area contributed by atoms with Crippen LogP contribution in [-0.4, -0.2) is 23.1 Å². The first-order valence-electron chi connectivity index (χ1n) is 9.61. The Morgan fingerprint density at radius 1 is 0.900 bits per heavy atom. The van der Waals surface area contributed by atoms with Gasteiger partial charge in [-0.1, -0.05) is 42.5 Å². The lowest BCUT2D eigenvalue weighted by molar-refractivity contribution is -0.141. The first-order chi connectivity index (χ1) is 14.4. The highest BCUT2D eigenvalue weighted by molar-refractivity contribution is 5.23. The number of nitrogens with two attached hydrogens (primary N) is 1. The summed E-state index contributed by atoms with van der Waals surface area (Å²) in [5.41, 5.74) is 7.45. The number of benzene rings is 1. The summed E-state index contributed by atoms with van der Waals surface area (Å²) in [7, 11) is 0. The second-order valence-electron chi connectivity index (χ2n) is 6.90. The minimum absolute atomic E-state index is 0.0475. The Morgan fingerprint density at radius 2 is 1.63 bits per heavy atom. The van der Waals surface area contributed by atoms with Crippen molar-refractivity contribution in [3.63, 3.8) is 0 Å². The zero-order valence-corrected chi connectivity index (χ0v) is 16.3. The van der Waals surface area contributed by atoms with Crippen molar-refractivity contribution in [3.8, 4) is 0 Å². The quantitative estimate of drug-likeness (QED) is 0.498. The summed E-state index contributed by atoms with van der Waals surface area (Å²) in [5.74, 6) is 0. The van der Waals surface area contributed by atoms with Gasteiger partial charge in [-0.15, -0.1) is 0 Å². The third-order valence-electron chi connectivity index (χ3n) is 4.72. The largest absolute Gasteiger partial charge is 0.433 e. The third-order valence-corrected chi connectivity index (χ3v) is 4.72. The summed E-state index contributed by atoms with van der Waals surface area (Å²) in [5, 5.41) is 6.51. The average Bonchev–Trinajstić information content (AvgIpc) is 2.76. The molecule has 2 aromatic heterocycles. The van der Waals surface area contributed by atoms with Gasteiger partial charge < -0.3 is 16.4 Å². The van der Waals surface area contributed by atoms with E-state index in [0.717, 1.165) is 17.3 Å². The lowest BCUT2D eigenvalue weighted by Crippen LogP contribution is -2.36. The first kappa shape index (κ1) is 21.9. The lowest BCUT2D eigenvalue weighted by Gasteiger charge is -2.22. The monoisotopic (exact) mass is 415 g/mol. The summed E-state index contributed by atoms with van der Waals surface area (Å²) in [4.78, 5) is 7.64. The third kappa shape index (κ3) is 6.09. The van der Waals surface area contributed by atoms with Gasteiger partial charge in [-0.3, -0.25) is 9.97 Å². The Labute approximate surface area is 173 Å². The number of hydrogen-bond acceptors (Lipinski definition) is 5. The number of alkyl halides is 3. The number of pyridine rings is 2. The molecule has 0 aliphatic rings. The van der Waals surface area contributed by atoms with Crippen LogP contribution in [0, 0.1) is 0 Å². The summed E-state index contributed by atoms with van der Waals surface area (Å²) >= 11 is 0. The topological polar surface area (TPSA) is 75.9 Å². The van der Waals surface area contributed by atoms with Crippen molar-refractivity contribution >= 4 is 0 Å². The van der Waals surface area contributed by atoms with Crippen molar-refractivity contribution in [2.45, 2.75) is 24.8 Å². The van der Waals surface area contributed by atoms with Crippen molar-refractivity contribution in [1.29, 1.82) is 0 Å². The Balaban J connectivity index is 1.64. The van der Waals surface area contributed by atoms with Crippen molar-refractivity contribution in [2.75, 3.05) is 13.1 Å². The van der Waals surface area contributed by atoms with Crippen LogP contribution in [0.5, 0.6) is 0 Å². The molecule has 158 valence electrons. The highest BCUT2D eigenvalue weighted by Crippen LogP contribution is 2.30. The number of nitrogens with zero attached hydrogens (tertiary/aromatic N) is 2. The molecule has 5 nitrogen and oxygen atoms in total. The van der Waals surface area contributed by atoms with Gasteiger partial charge in [-0.25, -0.2) is 0 Å². The van der Waals surface area contributed by atoms with Gasteiger partial charge in [0.2, 0.25) is 0 Å². The molecule has 8 heteroatoms. The molecule has 0 aliphatic carbocycles. The fourth-order valence-corrected chi connectivity index (χ4v) is 3.16.